The number of thiocarbonyl (C=S) groups is 1. The molecule has 8 N–H and O–H groups in total. The van der Waals surface area contributed by atoms with Crippen LogP contribution in [0.15, 0.2) is 76.4 Å². The standard InChI is InChI=1S/C30H27N4O13PS/c35-12-21-26(47-48(42,43)44)24(27(46-21)34-9-8-22(38)32-30(34)41)33-29(49)31-13-4-6-15(18(10-13)28(39)40)23-16-7-5-14(36)11-20(16)45-25-17(23)2-1-3-19(25)37/h1-11,21,23-24,26-27,35-37H,12H2,(H,39,40)(H2,31,33,49)(H,32,38,41)(H2,42,43,44)/p-1/t21-,23?,24-,26-,27-/m1/s1. The summed E-state index contributed by atoms with van der Waals surface area (Å²) in [6.45, 7) is -0.785. The normalized spacial score (nSPS) is 21.2. The zero-order valence-corrected chi connectivity index (χ0v) is 26.5. The van der Waals surface area contributed by atoms with Gasteiger partial charge in [-0.3, -0.25) is 18.9 Å². The Kier molecular flexibility index (Phi) is 9.03. The van der Waals surface area contributed by atoms with Gasteiger partial charge in [-0.25, -0.2) is 14.2 Å². The number of rotatable bonds is 8. The lowest BCUT2D eigenvalue weighted by Crippen LogP contribution is -2.50. The van der Waals surface area contributed by atoms with Crippen molar-refractivity contribution in [1.82, 2.24) is 14.9 Å². The third-order valence-corrected chi connectivity index (χ3v) is 8.63. The van der Waals surface area contributed by atoms with Crippen molar-refractivity contribution in [3.8, 4) is 23.0 Å². The lowest BCUT2D eigenvalue weighted by atomic mass is 9.80. The lowest BCUT2D eigenvalue weighted by Gasteiger charge is -2.32. The fourth-order valence-corrected chi connectivity index (χ4v) is 6.75. The Balaban J connectivity index is 1.34. The van der Waals surface area contributed by atoms with Gasteiger partial charge in [0.25, 0.3) is 5.56 Å². The molecule has 0 aliphatic carbocycles. The number of hydrogen-bond acceptors (Lipinski definition) is 11. The predicted molar refractivity (Wildman–Crippen MR) is 171 cm³/mol. The zero-order valence-electron chi connectivity index (χ0n) is 24.7. The number of aromatic amines is 1. The summed E-state index contributed by atoms with van der Waals surface area (Å²) in [5, 5.41) is 48.3. The van der Waals surface area contributed by atoms with Crippen LogP contribution in [0.25, 0.3) is 0 Å². The number of phosphoric acid groups is 1. The molecule has 19 heteroatoms. The number of anilines is 1. The number of nitrogens with zero attached hydrogens (tertiary/aromatic N) is 1. The van der Waals surface area contributed by atoms with E-state index in [0.29, 0.717) is 11.1 Å². The van der Waals surface area contributed by atoms with E-state index in [2.05, 4.69) is 10.6 Å². The fourth-order valence-electron chi connectivity index (χ4n) is 5.91. The molecule has 256 valence electrons. The molecule has 6 rings (SSSR count). The second-order valence-corrected chi connectivity index (χ2v) is 12.6. The van der Waals surface area contributed by atoms with Crippen molar-refractivity contribution >= 4 is 36.8 Å². The maximum Gasteiger partial charge on any atom is 0.470 e. The Morgan fingerprint density at radius 2 is 1.84 bits per heavy atom. The first kappa shape index (κ1) is 33.8. The highest BCUT2D eigenvalue weighted by molar-refractivity contribution is 7.80. The molecule has 3 heterocycles. The summed E-state index contributed by atoms with van der Waals surface area (Å²) < 4.78 is 29.1. The molecule has 0 amide bonds. The number of aliphatic hydroxyl groups is 1. The number of aromatic hydroxyl groups is 1. The molecule has 0 saturated carbocycles. The molecule has 0 radical (unpaired) electrons. The van der Waals surface area contributed by atoms with Gasteiger partial charge in [0.15, 0.2) is 11.3 Å². The van der Waals surface area contributed by atoms with Crippen molar-refractivity contribution in [2.45, 2.75) is 30.4 Å². The van der Waals surface area contributed by atoms with Gasteiger partial charge in [0.2, 0.25) is 0 Å². The number of carbonyl (C=O) groups is 1. The second kappa shape index (κ2) is 13.1. The lowest BCUT2D eigenvalue weighted by molar-refractivity contribution is -0.270. The molecular formula is C30H26N4O13PS-. The molecule has 1 unspecified atom stereocenters. The van der Waals surface area contributed by atoms with Crippen LogP contribution >= 0.6 is 20.0 Å². The Morgan fingerprint density at radius 1 is 1.08 bits per heavy atom. The highest BCUT2D eigenvalue weighted by atomic mass is 32.1. The number of ether oxygens (including phenoxy) is 2. The molecule has 0 bridgehead atoms. The third-order valence-electron chi connectivity index (χ3n) is 7.90. The first-order valence-electron chi connectivity index (χ1n) is 14.3. The molecule has 5 atom stereocenters. The summed E-state index contributed by atoms with van der Waals surface area (Å²) in [5.41, 5.74) is -0.514. The third kappa shape index (κ3) is 6.79. The molecule has 1 saturated heterocycles. The Labute approximate surface area is 280 Å². The Morgan fingerprint density at radius 3 is 2.53 bits per heavy atom. The van der Waals surface area contributed by atoms with Crippen LogP contribution in [-0.4, -0.2) is 70.6 Å². The van der Waals surface area contributed by atoms with Gasteiger partial charge in [-0.15, -0.1) is 0 Å². The molecular weight excluding hydrogens is 687 g/mol. The van der Waals surface area contributed by atoms with Crippen molar-refractivity contribution in [3.63, 3.8) is 0 Å². The molecule has 17 nitrogen and oxygen atoms in total. The van der Waals surface area contributed by atoms with Gasteiger partial charge in [0.05, 0.1) is 12.2 Å². The summed E-state index contributed by atoms with van der Waals surface area (Å²) >= 11 is 5.44. The molecule has 3 aromatic carbocycles. The van der Waals surface area contributed by atoms with Crippen molar-refractivity contribution in [2.75, 3.05) is 11.9 Å². The van der Waals surface area contributed by atoms with Crippen LogP contribution in [0.2, 0.25) is 0 Å². The number of fused-ring (bicyclic) bond motifs is 2. The largest absolute Gasteiger partial charge is 0.870 e. The number of aromatic nitrogens is 2. The highest BCUT2D eigenvalue weighted by Gasteiger charge is 2.49. The number of carboxylic acids is 1. The predicted octanol–water partition coefficient (Wildman–Crippen LogP) is 1.02. The summed E-state index contributed by atoms with van der Waals surface area (Å²) in [7, 11) is -5.19. The number of nitrogens with one attached hydrogen (secondary N) is 3. The molecule has 0 spiro atoms. The summed E-state index contributed by atoms with van der Waals surface area (Å²) in [6.07, 6.45) is -3.28. The molecule has 1 fully saturated rings. The molecule has 49 heavy (non-hydrogen) atoms. The van der Waals surface area contributed by atoms with Crippen LogP contribution in [0.3, 0.4) is 0 Å². The minimum Gasteiger partial charge on any atom is -0.870 e. The minimum atomic E-state index is -5.19. The van der Waals surface area contributed by atoms with E-state index in [0.717, 1.165) is 16.8 Å². The SMILES string of the molecule is O=C(O)c1cc(NC(=S)N[C@@H]2[C@H](OP(=O)(O)O)[C@@H](CO)O[C@H]2n2ccc(=O)[nH]c2=O)ccc1C1c2ccc(O)cc2Oc2c([O-])cccc21. The number of hydrogen-bond donors (Lipinski definition) is 8. The van der Waals surface area contributed by atoms with Gasteiger partial charge in [-0.2, -0.15) is 0 Å². The van der Waals surface area contributed by atoms with Gasteiger partial charge < -0.3 is 50.3 Å². The van der Waals surface area contributed by atoms with Crippen LogP contribution in [0.5, 0.6) is 23.0 Å². The van der Waals surface area contributed by atoms with Gasteiger partial charge in [0.1, 0.15) is 35.5 Å². The van der Waals surface area contributed by atoms with Gasteiger partial charge in [-0.1, -0.05) is 36.1 Å². The molecule has 2 aliphatic rings. The van der Waals surface area contributed by atoms with E-state index in [9.17, 15) is 49.2 Å². The quantitative estimate of drug-likeness (QED) is 0.0824. The zero-order chi connectivity index (χ0) is 35.2. The summed E-state index contributed by atoms with van der Waals surface area (Å²) in [4.78, 5) is 58.0. The Bertz CT molecular complexity index is 2130. The van der Waals surface area contributed by atoms with Crippen LogP contribution in [0.1, 0.15) is 39.2 Å². The van der Waals surface area contributed by atoms with Crippen LogP contribution in [0.4, 0.5) is 5.69 Å². The van der Waals surface area contributed by atoms with E-state index in [1.54, 1.807) is 12.1 Å². The van der Waals surface area contributed by atoms with Crippen molar-refractivity contribution in [3.05, 3.63) is 110 Å². The monoisotopic (exact) mass is 713 g/mol. The number of para-hydroxylation sites is 1. The molecule has 4 aromatic rings. The van der Waals surface area contributed by atoms with E-state index in [1.165, 1.54) is 42.5 Å². The van der Waals surface area contributed by atoms with Crippen LogP contribution in [-0.2, 0) is 13.8 Å². The topological polar surface area (TPSA) is 265 Å². The van der Waals surface area contributed by atoms with E-state index in [1.807, 2.05) is 4.98 Å². The van der Waals surface area contributed by atoms with E-state index in [4.69, 9.17) is 26.2 Å². The number of aromatic carboxylic acids is 1. The van der Waals surface area contributed by atoms with E-state index < -0.39 is 67.8 Å². The van der Waals surface area contributed by atoms with Crippen molar-refractivity contribution < 1.29 is 53.6 Å². The summed E-state index contributed by atoms with van der Waals surface area (Å²) in [6, 6.07) is 12.7. The number of benzene rings is 3. The van der Waals surface area contributed by atoms with Crippen molar-refractivity contribution in [2.24, 2.45) is 0 Å². The highest BCUT2D eigenvalue weighted by Crippen LogP contribution is 2.51. The first-order chi connectivity index (χ1) is 23.2. The van der Waals surface area contributed by atoms with Crippen LogP contribution < -0.4 is 31.7 Å². The number of phosphoric ester groups is 1. The molecule has 2 aliphatic heterocycles. The summed E-state index contributed by atoms with van der Waals surface area (Å²) in [5.74, 6) is -2.52. The average molecular weight is 714 g/mol. The second-order valence-electron chi connectivity index (χ2n) is 11.0. The number of phenols is 1. The van der Waals surface area contributed by atoms with Gasteiger partial charge in [-0.05, 0) is 36.0 Å². The number of carboxylic acid groups (broad SMARTS) is 1. The average Bonchev–Trinajstić information content (AvgIpc) is 3.35. The van der Waals surface area contributed by atoms with E-state index in [-0.39, 0.29) is 39.2 Å². The fraction of sp³-hybridized carbons (Fsp3) is 0.200. The van der Waals surface area contributed by atoms with Crippen molar-refractivity contribution in [1.29, 1.82) is 0 Å². The number of H-pyrrole nitrogens is 1. The first-order valence-corrected chi connectivity index (χ1v) is 16.2. The minimum absolute atomic E-state index is 0.0160. The van der Waals surface area contributed by atoms with Gasteiger partial charge in [0, 0.05) is 41.1 Å². The van der Waals surface area contributed by atoms with Gasteiger partial charge >= 0.3 is 19.5 Å². The number of phenolic OH excluding ortho intramolecular Hbond substituents is 1. The van der Waals surface area contributed by atoms with E-state index >= 15 is 0 Å². The maximum atomic E-state index is 12.7. The molecule has 1 aromatic heterocycles. The maximum absolute atomic E-state index is 12.7. The van der Waals surface area contributed by atoms with Crippen LogP contribution in [0, 0.1) is 0 Å². The smallest absolute Gasteiger partial charge is 0.470 e. The Hall–Kier alpha value is -5.07. The number of aliphatic hydroxyl groups excluding tert-OH is 1.